The molecule has 32 heavy (non-hydrogen) atoms. The highest BCUT2D eigenvalue weighted by molar-refractivity contribution is 6.01. The molecule has 2 aromatic heterocycles. The number of rotatable bonds is 5. The number of nitrogens with zero attached hydrogens (tertiary/aromatic N) is 5. The number of hydrogen-bond donors (Lipinski definition) is 1. The summed E-state index contributed by atoms with van der Waals surface area (Å²) in [6.45, 7) is 4.58. The molecule has 2 amide bonds. The van der Waals surface area contributed by atoms with Gasteiger partial charge >= 0.3 is 0 Å². The van der Waals surface area contributed by atoms with E-state index in [1.165, 1.54) is 6.92 Å². The maximum atomic E-state index is 13.6. The van der Waals surface area contributed by atoms with Crippen LogP contribution in [-0.4, -0.2) is 64.3 Å². The predicted octanol–water partition coefficient (Wildman–Crippen LogP) is 3.29. The van der Waals surface area contributed by atoms with Gasteiger partial charge in [-0.2, -0.15) is 0 Å². The molecule has 0 aliphatic carbocycles. The van der Waals surface area contributed by atoms with Crippen molar-refractivity contribution in [2.24, 2.45) is 0 Å². The third-order valence-corrected chi connectivity index (χ3v) is 6.17. The molecule has 168 valence electrons. The first kappa shape index (κ1) is 21.8. The van der Waals surface area contributed by atoms with Crippen LogP contribution in [-0.2, 0) is 11.3 Å². The van der Waals surface area contributed by atoms with Gasteiger partial charge in [0.2, 0.25) is 5.91 Å². The molecule has 3 heterocycles. The summed E-state index contributed by atoms with van der Waals surface area (Å²) in [5.41, 5.74) is 3.31. The fraction of sp³-hybridized carbons (Fsp3) is 0.417. The topological polar surface area (TPSA) is 85.4 Å². The monoisotopic (exact) mass is 434 g/mol. The van der Waals surface area contributed by atoms with Crippen molar-refractivity contribution in [3.63, 3.8) is 0 Å². The zero-order valence-electron chi connectivity index (χ0n) is 19.3. The third kappa shape index (κ3) is 4.04. The summed E-state index contributed by atoms with van der Waals surface area (Å²) in [6, 6.07) is 9.66. The van der Waals surface area contributed by atoms with Gasteiger partial charge in [-0.05, 0) is 31.4 Å². The molecule has 1 atom stereocenters. The number of para-hydroxylation sites is 1. The van der Waals surface area contributed by atoms with Crippen LogP contribution in [0.15, 0.2) is 30.3 Å². The van der Waals surface area contributed by atoms with Gasteiger partial charge in [0.15, 0.2) is 5.82 Å². The molecule has 8 nitrogen and oxygen atoms in total. The zero-order valence-corrected chi connectivity index (χ0v) is 19.3. The van der Waals surface area contributed by atoms with Gasteiger partial charge in [-0.1, -0.05) is 18.2 Å². The van der Waals surface area contributed by atoms with Gasteiger partial charge in [-0.25, -0.2) is 9.97 Å². The summed E-state index contributed by atoms with van der Waals surface area (Å²) in [7, 11) is 5.61. The van der Waals surface area contributed by atoms with E-state index in [1.54, 1.807) is 11.9 Å². The highest BCUT2D eigenvalue weighted by Crippen LogP contribution is 2.33. The summed E-state index contributed by atoms with van der Waals surface area (Å²) in [4.78, 5) is 43.6. The SMILES string of the molecule is CC(=O)N(C)Cc1cc(N(C)C)nc([C@H]2CCCN2C(=O)c2[nH]c3ccccc3c2C)n1. The summed E-state index contributed by atoms with van der Waals surface area (Å²) in [5, 5.41) is 1.06. The molecule has 4 rings (SSSR count). The molecule has 0 saturated carbocycles. The van der Waals surface area contributed by atoms with E-state index in [0.717, 1.165) is 40.8 Å². The number of likely N-dealkylation sites (tertiary alicyclic amines) is 1. The molecule has 1 aliphatic rings. The van der Waals surface area contributed by atoms with E-state index in [1.807, 2.05) is 61.2 Å². The molecular weight excluding hydrogens is 404 g/mol. The zero-order chi connectivity index (χ0) is 23.0. The number of fused-ring (bicyclic) bond motifs is 1. The van der Waals surface area contributed by atoms with Crippen LogP contribution >= 0.6 is 0 Å². The minimum absolute atomic E-state index is 0.0245. The quantitative estimate of drug-likeness (QED) is 0.666. The van der Waals surface area contributed by atoms with Crippen LogP contribution in [0, 0.1) is 6.92 Å². The summed E-state index contributed by atoms with van der Waals surface area (Å²) in [5.74, 6) is 1.34. The maximum absolute atomic E-state index is 13.6. The van der Waals surface area contributed by atoms with Crippen molar-refractivity contribution in [3.05, 3.63) is 53.1 Å². The number of nitrogens with one attached hydrogen (secondary N) is 1. The van der Waals surface area contributed by atoms with Gasteiger partial charge in [0.05, 0.1) is 18.3 Å². The van der Waals surface area contributed by atoms with E-state index in [-0.39, 0.29) is 17.9 Å². The molecular formula is C24H30N6O2. The van der Waals surface area contributed by atoms with Gasteiger partial charge in [-0.3, -0.25) is 9.59 Å². The molecule has 0 unspecified atom stereocenters. The van der Waals surface area contributed by atoms with Crippen molar-refractivity contribution in [2.45, 2.75) is 39.3 Å². The van der Waals surface area contributed by atoms with Crippen LogP contribution in [0.4, 0.5) is 5.82 Å². The van der Waals surface area contributed by atoms with Crippen LogP contribution in [0.5, 0.6) is 0 Å². The molecule has 1 saturated heterocycles. The minimum atomic E-state index is -0.199. The Hall–Kier alpha value is -3.42. The van der Waals surface area contributed by atoms with Crippen LogP contribution in [0.2, 0.25) is 0 Å². The average molecular weight is 435 g/mol. The smallest absolute Gasteiger partial charge is 0.271 e. The normalized spacial score (nSPS) is 15.9. The summed E-state index contributed by atoms with van der Waals surface area (Å²) in [6.07, 6.45) is 1.71. The van der Waals surface area contributed by atoms with Crippen molar-refractivity contribution < 1.29 is 9.59 Å². The maximum Gasteiger partial charge on any atom is 0.271 e. The predicted molar refractivity (Wildman–Crippen MR) is 125 cm³/mol. The Bertz CT molecular complexity index is 1170. The third-order valence-electron chi connectivity index (χ3n) is 6.17. The summed E-state index contributed by atoms with van der Waals surface area (Å²) >= 11 is 0. The van der Waals surface area contributed by atoms with Crippen molar-refractivity contribution in [1.29, 1.82) is 0 Å². The number of amides is 2. The minimum Gasteiger partial charge on any atom is -0.363 e. The lowest BCUT2D eigenvalue weighted by Crippen LogP contribution is -2.33. The van der Waals surface area contributed by atoms with Gasteiger partial charge in [0.25, 0.3) is 5.91 Å². The molecule has 0 radical (unpaired) electrons. The number of hydrogen-bond acceptors (Lipinski definition) is 5. The molecule has 0 bridgehead atoms. The van der Waals surface area contributed by atoms with Gasteiger partial charge in [0.1, 0.15) is 11.5 Å². The highest BCUT2D eigenvalue weighted by Gasteiger charge is 2.34. The molecule has 1 N–H and O–H groups in total. The van der Waals surface area contributed by atoms with E-state index in [9.17, 15) is 9.59 Å². The Balaban J connectivity index is 1.69. The number of aromatic amines is 1. The second-order valence-corrected chi connectivity index (χ2v) is 8.67. The number of H-pyrrole nitrogens is 1. The lowest BCUT2D eigenvalue weighted by molar-refractivity contribution is -0.128. The Morgan fingerprint density at radius 2 is 1.94 bits per heavy atom. The first-order valence-electron chi connectivity index (χ1n) is 10.9. The molecule has 1 fully saturated rings. The second-order valence-electron chi connectivity index (χ2n) is 8.67. The van der Waals surface area contributed by atoms with Crippen LogP contribution in [0.3, 0.4) is 0 Å². The van der Waals surface area contributed by atoms with Crippen LogP contribution in [0.1, 0.15) is 53.4 Å². The largest absolute Gasteiger partial charge is 0.363 e. The lowest BCUT2D eigenvalue weighted by Gasteiger charge is -2.25. The molecule has 1 aliphatic heterocycles. The number of carbonyl (C=O) groups excluding carboxylic acids is 2. The Morgan fingerprint density at radius 3 is 2.62 bits per heavy atom. The van der Waals surface area contributed by atoms with Crippen molar-refractivity contribution >= 4 is 28.5 Å². The molecule has 3 aromatic rings. The fourth-order valence-electron chi connectivity index (χ4n) is 4.23. The van der Waals surface area contributed by atoms with E-state index in [4.69, 9.17) is 9.97 Å². The van der Waals surface area contributed by atoms with E-state index < -0.39 is 0 Å². The number of anilines is 1. The number of aromatic nitrogens is 3. The number of carbonyl (C=O) groups is 2. The van der Waals surface area contributed by atoms with Crippen LogP contribution < -0.4 is 4.90 Å². The second kappa shape index (κ2) is 8.61. The Labute approximate surface area is 188 Å². The van der Waals surface area contributed by atoms with Crippen molar-refractivity contribution in [3.8, 4) is 0 Å². The average Bonchev–Trinajstić information content (AvgIpc) is 3.38. The molecule has 1 aromatic carbocycles. The van der Waals surface area contributed by atoms with Crippen molar-refractivity contribution in [2.75, 3.05) is 32.6 Å². The Morgan fingerprint density at radius 1 is 1.19 bits per heavy atom. The standard InChI is InChI=1S/C24H30N6O2/c1-15-18-9-6-7-10-19(18)26-22(15)24(32)30-12-8-11-20(30)23-25-17(14-29(5)16(2)31)13-21(27-23)28(3)4/h6-7,9-10,13,20,26H,8,11-12,14H2,1-5H3/t20-/m1/s1. The number of aryl methyl sites for hydroxylation is 1. The van der Waals surface area contributed by atoms with E-state index in [2.05, 4.69) is 4.98 Å². The van der Waals surface area contributed by atoms with Crippen LogP contribution in [0.25, 0.3) is 10.9 Å². The molecule has 8 heteroatoms. The van der Waals surface area contributed by atoms with Crippen molar-refractivity contribution in [1.82, 2.24) is 24.8 Å². The van der Waals surface area contributed by atoms with Gasteiger partial charge in [0, 0.05) is 51.6 Å². The molecule has 0 spiro atoms. The fourth-order valence-corrected chi connectivity index (χ4v) is 4.23. The summed E-state index contributed by atoms with van der Waals surface area (Å²) < 4.78 is 0. The van der Waals surface area contributed by atoms with Gasteiger partial charge < -0.3 is 19.7 Å². The van der Waals surface area contributed by atoms with Gasteiger partial charge in [-0.15, -0.1) is 0 Å². The first-order valence-corrected chi connectivity index (χ1v) is 10.9. The Kier molecular flexibility index (Phi) is 5.86. The first-order chi connectivity index (χ1) is 15.3. The number of benzene rings is 1. The van der Waals surface area contributed by atoms with E-state index >= 15 is 0 Å². The lowest BCUT2D eigenvalue weighted by atomic mass is 10.1. The highest BCUT2D eigenvalue weighted by atomic mass is 16.2. The van der Waals surface area contributed by atoms with E-state index in [0.29, 0.717) is 24.6 Å².